The molecule has 1 aliphatic rings. The second kappa shape index (κ2) is 10.8. The van der Waals surface area contributed by atoms with E-state index in [0.717, 1.165) is 5.56 Å². The smallest absolute Gasteiger partial charge is 0.338 e. The highest BCUT2D eigenvalue weighted by molar-refractivity contribution is 7.80. The Bertz CT molecular complexity index is 981. The van der Waals surface area contributed by atoms with Gasteiger partial charge in [0.05, 0.1) is 24.3 Å². The molecule has 0 radical (unpaired) electrons. The fourth-order valence-corrected chi connectivity index (χ4v) is 3.94. The number of anilines is 1. The molecule has 1 fully saturated rings. The first-order valence-electron chi connectivity index (χ1n) is 10.5. The molecule has 1 unspecified atom stereocenters. The molecule has 1 N–H and O–H groups in total. The van der Waals surface area contributed by atoms with Gasteiger partial charge in [0.2, 0.25) is 5.91 Å². The van der Waals surface area contributed by atoms with Crippen molar-refractivity contribution in [2.24, 2.45) is 0 Å². The van der Waals surface area contributed by atoms with E-state index in [-0.39, 0.29) is 24.8 Å². The minimum absolute atomic E-state index is 0.0145. The lowest BCUT2D eigenvalue weighted by atomic mass is 10.1. The zero-order valence-corrected chi connectivity index (χ0v) is 18.9. The maximum absolute atomic E-state index is 13.3. The van der Waals surface area contributed by atoms with Gasteiger partial charge in [-0.1, -0.05) is 0 Å². The number of carbonyl (C=O) groups excluding carboxylic acids is 3. The summed E-state index contributed by atoms with van der Waals surface area (Å²) in [5, 5.41) is 3.08. The van der Waals surface area contributed by atoms with Crippen LogP contribution in [0.5, 0.6) is 0 Å². The summed E-state index contributed by atoms with van der Waals surface area (Å²) in [5.74, 6) is -0.899. The Morgan fingerprint density at radius 1 is 1.12 bits per heavy atom. The summed E-state index contributed by atoms with van der Waals surface area (Å²) < 4.78 is 5.01. The SMILES string of the molecule is CCNC(=O)CC1C(=O)N(c2ccc(C(=O)OCC)cc2)C(=S)N1CCc1ccncc1. The van der Waals surface area contributed by atoms with E-state index in [0.29, 0.717) is 35.9 Å². The first kappa shape index (κ1) is 23.3. The molecule has 0 spiro atoms. The van der Waals surface area contributed by atoms with Gasteiger partial charge in [-0.15, -0.1) is 0 Å². The highest BCUT2D eigenvalue weighted by Crippen LogP contribution is 2.28. The third kappa shape index (κ3) is 5.28. The van der Waals surface area contributed by atoms with Crippen molar-refractivity contribution in [1.29, 1.82) is 0 Å². The topological polar surface area (TPSA) is 91.8 Å². The van der Waals surface area contributed by atoms with Crippen molar-refractivity contribution < 1.29 is 19.1 Å². The van der Waals surface area contributed by atoms with Gasteiger partial charge in [0.1, 0.15) is 6.04 Å². The van der Waals surface area contributed by atoms with E-state index < -0.39 is 12.0 Å². The molecular weight excluding hydrogens is 428 g/mol. The Labute approximate surface area is 192 Å². The number of hydrogen-bond donors (Lipinski definition) is 1. The Hall–Kier alpha value is -3.33. The minimum Gasteiger partial charge on any atom is -0.462 e. The number of esters is 1. The predicted molar refractivity (Wildman–Crippen MR) is 124 cm³/mol. The molecule has 1 atom stereocenters. The molecule has 3 rings (SSSR count). The lowest BCUT2D eigenvalue weighted by molar-refractivity contribution is -0.127. The van der Waals surface area contributed by atoms with Crippen molar-refractivity contribution >= 4 is 40.8 Å². The molecule has 8 nitrogen and oxygen atoms in total. The first-order chi connectivity index (χ1) is 15.5. The molecule has 1 aliphatic heterocycles. The monoisotopic (exact) mass is 454 g/mol. The highest BCUT2D eigenvalue weighted by Gasteiger charge is 2.43. The standard InChI is InChI=1S/C23H26N4O4S/c1-3-25-20(28)15-19-21(29)27(18-7-5-17(6-8-18)22(30)31-4-2)23(32)26(19)14-11-16-9-12-24-13-10-16/h5-10,12-13,19H,3-4,11,14-15H2,1-2H3,(H,25,28). The molecule has 9 heteroatoms. The summed E-state index contributed by atoms with van der Waals surface area (Å²) >= 11 is 5.65. The van der Waals surface area contributed by atoms with E-state index >= 15 is 0 Å². The number of aromatic nitrogens is 1. The lowest BCUT2D eigenvalue weighted by Crippen LogP contribution is -2.40. The van der Waals surface area contributed by atoms with Gasteiger partial charge < -0.3 is 15.0 Å². The van der Waals surface area contributed by atoms with Crippen LogP contribution in [-0.2, 0) is 20.7 Å². The molecule has 1 aromatic heterocycles. The Balaban J connectivity index is 1.83. The summed E-state index contributed by atoms with van der Waals surface area (Å²) in [4.78, 5) is 44.8. The second-order valence-electron chi connectivity index (χ2n) is 7.20. The Morgan fingerprint density at radius 3 is 2.44 bits per heavy atom. The molecule has 0 saturated carbocycles. The molecule has 2 amide bonds. The molecule has 2 aromatic rings. The molecule has 0 bridgehead atoms. The molecule has 0 aliphatic carbocycles. The average molecular weight is 455 g/mol. The van der Waals surface area contributed by atoms with Crippen LogP contribution in [0.4, 0.5) is 5.69 Å². The number of nitrogens with zero attached hydrogens (tertiary/aromatic N) is 3. The van der Waals surface area contributed by atoms with Gasteiger partial charge in [-0.25, -0.2) is 4.79 Å². The fourth-order valence-electron chi connectivity index (χ4n) is 3.53. The quantitative estimate of drug-likeness (QED) is 0.459. The van der Waals surface area contributed by atoms with Crippen molar-refractivity contribution in [1.82, 2.24) is 15.2 Å². The van der Waals surface area contributed by atoms with E-state index in [9.17, 15) is 14.4 Å². The van der Waals surface area contributed by atoms with Gasteiger partial charge in [-0.2, -0.15) is 0 Å². The zero-order chi connectivity index (χ0) is 23.1. The maximum Gasteiger partial charge on any atom is 0.338 e. The number of ether oxygens (including phenoxy) is 1. The molecular formula is C23H26N4O4S. The maximum atomic E-state index is 13.3. The molecule has 1 saturated heterocycles. The fraction of sp³-hybridized carbons (Fsp3) is 0.348. The minimum atomic E-state index is -0.694. The van der Waals surface area contributed by atoms with Crippen LogP contribution in [0.1, 0.15) is 36.2 Å². The van der Waals surface area contributed by atoms with Crippen LogP contribution >= 0.6 is 12.2 Å². The summed E-state index contributed by atoms with van der Waals surface area (Å²) in [6.45, 7) is 4.82. The van der Waals surface area contributed by atoms with E-state index in [2.05, 4.69) is 10.3 Å². The van der Waals surface area contributed by atoms with Crippen molar-refractivity contribution in [3.63, 3.8) is 0 Å². The normalized spacial score (nSPS) is 15.8. The van der Waals surface area contributed by atoms with Crippen LogP contribution in [0.25, 0.3) is 0 Å². The third-order valence-electron chi connectivity index (χ3n) is 5.10. The average Bonchev–Trinajstić information content (AvgIpc) is 3.02. The van der Waals surface area contributed by atoms with Gasteiger partial charge in [0.25, 0.3) is 5.91 Å². The van der Waals surface area contributed by atoms with Crippen molar-refractivity contribution in [3.8, 4) is 0 Å². The van der Waals surface area contributed by atoms with Crippen molar-refractivity contribution in [2.75, 3.05) is 24.6 Å². The summed E-state index contributed by atoms with van der Waals surface area (Å²) in [6, 6.07) is 9.64. The molecule has 32 heavy (non-hydrogen) atoms. The van der Waals surface area contributed by atoms with Crippen LogP contribution in [0, 0.1) is 0 Å². The number of nitrogens with one attached hydrogen (secondary N) is 1. The predicted octanol–water partition coefficient (Wildman–Crippen LogP) is 2.33. The van der Waals surface area contributed by atoms with E-state index in [1.54, 1.807) is 48.5 Å². The number of carbonyl (C=O) groups is 3. The Kier molecular flexibility index (Phi) is 7.88. The molecule has 168 valence electrons. The van der Waals surface area contributed by atoms with Gasteiger partial charge in [0, 0.05) is 25.5 Å². The highest BCUT2D eigenvalue weighted by atomic mass is 32.1. The Morgan fingerprint density at radius 2 is 1.81 bits per heavy atom. The van der Waals surface area contributed by atoms with Gasteiger partial charge in [-0.3, -0.25) is 19.5 Å². The third-order valence-corrected chi connectivity index (χ3v) is 5.52. The number of amides is 2. The molecule has 1 aromatic carbocycles. The van der Waals surface area contributed by atoms with Gasteiger partial charge in [-0.05, 0) is 74.4 Å². The second-order valence-corrected chi connectivity index (χ2v) is 7.56. The van der Waals surface area contributed by atoms with Crippen molar-refractivity contribution in [2.45, 2.75) is 32.7 Å². The van der Waals surface area contributed by atoms with Crippen LogP contribution in [0.3, 0.4) is 0 Å². The van der Waals surface area contributed by atoms with E-state index in [1.807, 2.05) is 19.1 Å². The first-order valence-corrected chi connectivity index (χ1v) is 10.9. The van der Waals surface area contributed by atoms with E-state index in [1.165, 1.54) is 4.90 Å². The van der Waals surface area contributed by atoms with Crippen LogP contribution in [0.2, 0.25) is 0 Å². The zero-order valence-electron chi connectivity index (χ0n) is 18.1. The van der Waals surface area contributed by atoms with Gasteiger partial charge >= 0.3 is 5.97 Å². The van der Waals surface area contributed by atoms with Gasteiger partial charge in [0.15, 0.2) is 5.11 Å². The van der Waals surface area contributed by atoms with E-state index in [4.69, 9.17) is 17.0 Å². The van der Waals surface area contributed by atoms with Crippen LogP contribution in [0.15, 0.2) is 48.8 Å². The molecule has 2 heterocycles. The lowest BCUT2D eigenvalue weighted by Gasteiger charge is -2.24. The number of hydrogen-bond acceptors (Lipinski definition) is 6. The summed E-state index contributed by atoms with van der Waals surface area (Å²) in [5.41, 5.74) is 1.99. The largest absolute Gasteiger partial charge is 0.462 e. The summed E-state index contributed by atoms with van der Waals surface area (Å²) in [7, 11) is 0. The number of thiocarbonyl (C=S) groups is 1. The van der Waals surface area contributed by atoms with Crippen LogP contribution < -0.4 is 10.2 Å². The van der Waals surface area contributed by atoms with Crippen LogP contribution in [-0.4, -0.2) is 58.5 Å². The summed E-state index contributed by atoms with van der Waals surface area (Å²) in [6.07, 6.45) is 4.09. The number of pyridine rings is 1. The number of benzene rings is 1. The number of rotatable bonds is 9. The van der Waals surface area contributed by atoms with Crippen molar-refractivity contribution in [3.05, 3.63) is 59.9 Å².